The van der Waals surface area contributed by atoms with Crippen molar-refractivity contribution >= 4 is 5.69 Å². The van der Waals surface area contributed by atoms with E-state index < -0.39 is 6.04 Å². The van der Waals surface area contributed by atoms with Crippen LogP contribution in [-0.2, 0) is 0 Å². The van der Waals surface area contributed by atoms with E-state index in [2.05, 4.69) is 11.4 Å². The van der Waals surface area contributed by atoms with Crippen molar-refractivity contribution in [1.29, 1.82) is 5.26 Å². The Morgan fingerprint density at radius 3 is 2.86 bits per heavy atom. The number of benzene rings is 2. The highest BCUT2D eigenvalue weighted by Gasteiger charge is 2.17. The fraction of sp³-hybridized carbons (Fsp3) is 0.188. The molecule has 1 heterocycles. The van der Waals surface area contributed by atoms with E-state index in [0.29, 0.717) is 11.5 Å². The van der Waals surface area contributed by atoms with E-state index in [1.165, 1.54) is 0 Å². The lowest BCUT2D eigenvalue weighted by Gasteiger charge is -2.14. The van der Waals surface area contributed by atoms with Gasteiger partial charge >= 0.3 is 0 Å². The normalized spacial score (nSPS) is 13.3. The van der Waals surface area contributed by atoms with Gasteiger partial charge in [0, 0.05) is 11.8 Å². The Balaban J connectivity index is 1.83. The summed E-state index contributed by atoms with van der Waals surface area (Å²) in [5.41, 5.74) is 1.64. The topological polar surface area (TPSA) is 63.5 Å². The van der Waals surface area contributed by atoms with E-state index in [9.17, 15) is 5.26 Å². The predicted molar refractivity (Wildman–Crippen MR) is 77.5 cm³/mol. The first-order chi connectivity index (χ1) is 10.3. The van der Waals surface area contributed by atoms with Crippen LogP contribution in [0.3, 0.4) is 0 Å². The number of ether oxygens (including phenoxy) is 3. The average molecular weight is 282 g/mol. The Hall–Kier alpha value is -2.87. The maximum Gasteiger partial charge on any atom is 0.231 e. The average Bonchev–Trinajstić information content (AvgIpc) is 3.00. The Morgan fingerprint density at radius 1 is 1.19 bits per heavy atom. The van der Waals surface area contributed by atoms with E-state index in [0.717, 1.165) is 17.0 Å². The molecule has 0 saturated heterocycles. The van der Waals surface area contributed by atoms with Crippen molar-refractivity contribution in [1.82, 2.24) is 0 Å². The van der Waals surface area contributed by atoms with Crippen molar-refractivity contribution < 1.29 is 14.2 Å². The van der Waals surface area contributed by atoms with Crippen LogP contribution >= 0.6 is 0 Å². The molecule has 0 aromatic heterocycles. The number of nitrogens with one attached hydrogen (secondary N) is 1. The van der Waals surface area contributed by atoms with Crippen LogP contribution in [0.2, 0.25) is 0 Å². The summed E-state index contributed by atoms with van der Waals surface area (Å²) in [6.45, 7) is 0.222. The quantitative estimate of drug-likeness (QED) is 0.933. The molecule has 0 radical (unpaired) electrons. The van der Waals surface area contributed by atoms with Gasteiger partial charge in [0.25, 0.3) is 0 Å². The lowest BCUT2D eigenvalue weighted by atomic mass is 10.1. The van der Waals surface area contributed by atoms with E-state index in [4.69, 9.17) is 14.2 Å². The molecule has 0 bridgehead atoms. The minimum Gasteiger partial charge on any atom is -0.497 e. The molecule has 2 aromatic carbocycles. The van der Waals surface area contributed by atoms with Crippen LogP contribution in [0.1, 0.15) is 11.6 Å². The molecular formula is C16H14N2O3. The Morgan fingerprint density at radius 2 is 2.05 bits per heavy atom. The molecule has 1 atom stereocenters. The molecule has 0 aliphatic carbocycles. The summed E-state index contributed by atoms with van der Waals surface area (Å²) in [4.78, 5) is 0. The molecule has 1 N–H and O–H groups in total. The van der Waals surface area contributed by atoms with Gasteiger partial charge in [-0.25, -0.2) is 0 Å². The van der Waals surface area contributed by atoms with Gasteiger partial charge in [-0.2, -0.15) is 5.26 Å². The molecule has 1 unspecified atom stereocenters. The number of anilines is 1. The van der Waals surface area contributed by atoms with Crippen molar-refractivity contribution in [2.24, 2.45) is 0 Å². The van der Waals surface area contributed by atoms with Crippen LogP contribution in [-0.4, -0.2) is 13.9 Å². The molecule has 0 fully saturated rings. The molecular weight excluding hydrogens is 268 g/mol. The number of nitrogens with zero attached hydrogens (tertiary/aromatic N) is 1. The second kappa shape index (κ2) is 5.63. The van der Waals surface area contributed by atoms with Gasteiger partial charge in [-0.15, -0.1) is 0 Å². The van der Waals surface area contributed by atoms with Gasteiger partial charge in [-0.3, -0.25) is 0 Å². The van der Waals surface area contributed by atoms with Crippen LogP contribution in [0.15, 0.2) is 42.5 Å². The number of hydrogen-bond donors (Lipinski definition) is 1. The van der Waals surface area contributed by atoms with E-state index in [1.54, 1.807) is 7.11 Å². The standard InChI is InChI=1S/C16H14N2O3/c1-19-13-4-2-3-12(8-13)18-14(9-17)11-5-6-15-16(7-11)21-10-20-15/h2-8,14,18H,10H2,1H3. The first-order valence-electron chi connectivity index (χ1n) is 6.50. The molecule has 1 aliphatic heterocycles. The summed E-state index contributed by atoms with van der Waals surface area (Å²) in [6, 6.07) is 14.7. The highest BCUT2D eigenvalue weighted by Crippen LogP contribution is 2.35. The predicted octanol–water partition coefficient (Wildman–Crippen LogP) is 3.10. The Labute approximate surface area is 122 Å². The molecule has 106 valence electrons. The summed E-state index contributed by atoms with van der Waals surface area (Å²) in [6.07, 6.45) is 0. The minimum absolute atomic E-state index is 0.222. The second-order valence-corrected chi connectivity index (χ2v) is 4.55. The third-order valence-corrected chi connectivity index (χ3v) is 3.24. The molecule has 3 rings (SSSR count). The Bertz CT molecular complexity index is 694. The molecule has 0 saturated carbocycles. The molecule has 1 aliphatic rings. The van der Waals surface area contributed by atoms with Gasteiger partial charge < -0.3 is 19.5 Å². The lowest BCUT2D eigenvalue weighted by molar-refractivity contribution is 0.174. The largest absolute Gasteiger partial charge is 0.497 e. The molecule has 5 heteroatoms. The highest BCUT2D eigenvalue weighted by atomic mass is 16.7. The van der Waals surface area contributed by atoms with Crippen molar-refractivity contribution in [3.63, 3.8) is 0 Å². The molecule has 5 nitrogen and oxygen atoms in total. The minimum atomic E-state index is -0.480. The monoisotopic (exact) mass is 282 g/mol. The van der Waals surface area contributed by atoms with Gasteiger partial charge in [0.15, 0.2) is 11.5 Å². The van der Waals surface area contributed by atoms with Crippen LogP contribution in [0, 0.1) is 11.3 Å². The fourth-order valence-corrected chi connectivity index (χ4v) is 2.16. The van der Waals surface area contributed by atoms with E-state index in [-0.39, 0.29) is 6.79 Å². The molecule has 0 amide bonds. The van der Waals surface area contributed by atoms with Gasteiger partial charge in [0.05, 0.1) is 13.2 Å². The summed E-state index contributed by atoms with van der Waals surface area (Å²) in [7, 11) is 1.61. The third-order valence-electron chi connectivity index (χ3n) is 3.24. The van der Waals surface area contributed by atoms with Gasteiger partial charge in [0.2, 0.25) is 6.79 Å². The SMILES string of the molecule is COc1cccc(NC(C#N)c2ccc3c(c2)OCO3)c1. The van der Waals surface area contributed by atoms with Crippen molar-refractivity contribution in [2.75, 3.05) is 19.2 Å². The maximum absolute atomic E-state index is 9.40. The zero-order chi connectivity index (χ0) is 14.7. The van der Waals surface area contributed by atoms with Crippen LogP contribution in [0.25, 0.3) is 0 Å². The van der Waals surface area contributed by atoms with Crippen LogP contribution < -0.4 is 19.5 Å². The number of nitriles is 1. The number of methoxy groups -OCH3 is 1. The number of hydrogen-bond acceptors (Lipinski definition) is 5. The second-order valence-electron chi connectivity index (χ2n) is 4.55. The van der Waals surface area contributed by atoms with E-state index in [1.807, 2.05) is 42.5 Å². The van der Waals surface area contributed by atoms with Crippen LogP contribution in [0.4, 0.5) is 5.69 Å². The summed E-state index contributed by atoms with van der Waals surface area (Å²) >= 11 is 0. The fourth-order valence-electron chi connectivity index (χ4n) is 2.16. The van der Waals surface area contributed by atoms with Gasteiger partial charge in [0.1, 0.15) is 11.8 Å². The lowest BCUT2D eigenvalue weighted by Crippen LogP contribution is -2.08. The smallest absolute Gasteiger partial charge is 0.231 e. The van der Waals surface area contributed by atoms with Crippen LogP contribution in [0.5, 0.6) is 17.2 Å². The summed E-state index contributed by atoms with van der Waals surface area (Å²) in [5.74, 6) is 2.11. The van der Waals surface area contributed by atoms with Gasteiger partial charge in [-0.1, -0.05) is 12.1 Å². The maximum atomic E-state index is 9.40. The Kier molecular flexibility index (Phi) is 3.52. The highest BCUT2D eigenvalue weighted by molar-refractivity contribution is 5.53. The first kappa shape index (κ1) is 13.1. The van der Waals surface area contributed by atoms with Gasteiger partial charge in [-0.05, 0) is 29.8 Å². The first-order valence-corrected chi connectivity index (χ1v) is 6.50. The van der Waals surface area contributed by atoms with E-state index >= 15 is 0 Å². The molecule has 0 spiro atoms. The summed E-state index contributed by atoms with van der Waals surface area (Å²) < 4.78 is 15.8. The van der Waals surface area contributed by atoms with Crippen molar-refractivity contribution in [3.05, 3.63) is 48.0 Å². The van der Waals surface area contributed by atoms with Crippen molar-refractivity contribution in [2.45, 2.75) is 6.04 Å². The molecule has 21 heavy (non-hydrogen) atoms. The van der Waals surface area contributed by atoms with Crippen molar-refractivity contribution in [3.8, 4) is 23.3 Å². The zero-order valence-corrected chi connectivity index (χ0v) is 11.5. The molecule has 2 aromatic rings. The summed E-state index contributed by atoms with van der Waals surface area (Å²) in [5, 5.41) is 12.6. The number of rotatable bonds is 4. The zero-order valence-electron chi connectivity index (χ0n) is 11.5. The third kappa shape index (κ3) is 2.70. The number of fused-ring (bicyclic) bond motifs is 1.